The molecule has 24 heavy (non-hydrogen) atoms. The molecule has 1 aliphatic rings. The van der Waals surface area contributed by atoms with E-state index < -0.39 is 0 Å². The van der Waals surface area contributed by atoms with Gasteiger partial charge in [0, 0.05) is 19.9 Å². The van der Waals surface area contributed by atoms with Gasteiger partial charge in [-0.2, -0.15) is 0 Å². The molecular weight excluding hydrogens is 430 g/mol. The number of benzene rings is 2. The Kier molecular flexibility index (Phi) is 4.09. The standard InChI is InChI=1S/C19H17Br2N3/c1-12-8-14-17(16(21)9-12)22-11-23-18(14)24-19(6-7-19)10-13-4-2-3-5-15(13)20/h2-5,8-9,11H,6-7,10H2,1H3,(H,22,23,24). The van der Waals surface area contributed by atoms with E-state index in [1.165, 1.54) is 15.6 Å². The monoisotopic (exact) mass is 445 g/mol. The fraction of sp³-hybridized carbons (Fsp3) is 0.263. The van der Waals surface area contributed by atoms with Crippen LogP contribution in [0.4, 0.5) is 5.82 Å². The third kappa shape index (κ3) is 3.07. The van der Waals surface area contributed by atoms with Crippen molar-refractivity contribution >= 4 is 48.6 Å². The maximum atomic E-state index is 4.52. The first-order valence-electron chi connectivity index (χ1n) is 7.99. The van der Waals surface area contributed by atoms with Crippen LogP contribution in [0.15, 0.2) is 51.7 Å². The van der Waals surface area contributed by atoms with E-state index in [9.17, 15) is 0 Å². The molecule has 1 aromatic heterocycles. The van der Waals surface area contributed by atoms with Crippen LogP contribution in [0.1, 0.15) is 24.0 Å². The summed E-state index contributed by atoms with van der Waals surface area (Å²) in [5.41, 5.74) is 3.58. The predicted octanol–water partition coefficient (Wildman–Crippen LogP) is 5.65. The van der Waals surface area contributed by atoms with Gasteiger partial charge in [0.2, 0.25) is 0 Å². The number of halogens is 2. The highest BCUT2D eigenvalue weighted by Gasteiger charge is 2.43. The van der Waals surface area contributed by atoms with Gasteiger partial charge in [-0.1, -0.05) is 34.1 Å². The molecule has 0 saturated heterocycles. The SMILES string of the molecule is Cc1cc(Br)c2ncnc(NC3(Cc4ccccc4Br)CC3)c2c1. The van der Waals surface area contributed by atoms with Crippen molar-refractivity contribution in [2.75, 3.05) is 5.32 Å². The van der Waals surface area contributed by atoms with E-state index in [1.807, 2.05) is 0 Å². The molecule has 1 fully saturated rings. The second kappa shape index (κ2) is 6.12. The van der Waals surface area contributed by atoms with Crippen LogP contribution in [-0.2, 0) is 6.42 Å². The quantitative estimate of drug-likeness (QED) is 0.562. The first-order chi connectivity index (χ1) is 11.6. The number of anilines is 1. The Labute approximate surface area is 158 Å². The van der Waals surface area contributed by atoms with Crippen LogP contribution < -0.4 is 5.32 Å². The van der Waals surface area contributed by atoms with Crippen LogP contribution in [0, 0.1) is 6.92 Å². The summed E-state index contributed by atoms with van der Waals surface area (Å²) < 4.78 is 2.18. The largest absolute Gasteiger partial charge is 0.364 e. The molecule has 1 saturated carbocycles. The Morgan fingerprint density at radius 1 is 1.08 bits per heavy atom. The maximum Gasteiger partial charge on any atom is 0.137 e. The van der Waals surface area contributed by atoms with Crippen molar-refractivity contribution in [1.29, 1.82) is 0 Å². The Balaban J connectivity index is 1.68. The molecule has 1 heterocycles. The van der Waals surface area contributed by atoms with Gasteiger partial charge in [-0.3, -0.25) is 0 Å². The second-order valence-electron chi connectivity index (χ2n) is 6.54. The highest BCUT2D eigenvalue weighted by atomic mass is 79.9. The molecule has 3 aromatic rings. The summed E-state index contributed by atoms with van der Waals surface area (Å²) in [6.45, 7) is 2.09. The lowest BCUT2D eigenvalue weighted by molar-refractivity contribution is 0.720. The van der Waals surface area contributed by atoms with Crippen molar-refractivity contribution < 1.29 is 0 Å². The van der Waals surface area contributed by atoms with E-state index in [0.29, 0.717) is 0 Å². The Bertz CT molecular complexity index is 920. The van der Waals surface area contributed by atoms with E-state index in [2.05, 4.69) is 90.5 Å². The molecule has 0 amide bonds. The van der Waals surface area contributed by atoms with Crippen LogP contribution >= 0.6 is 31.9 Å². The summed E-state index contributed by atoms with van der Waals surface area (Å²) in [6.07, 6.45) is 4.95. The van der Waals surface area contributed by atoms with Gasteiger partial charge in [0.1, 0.15) is 12.1 Å². The fourth-order valence-electron chi connectivity index (χ4n) is 3.11. The summed E-state index contributed by atoms with van der Waals surface area (Å²) in [4.78, 5) is 8.95. The zero-order chi connectivity index (χ0) is 16.7. The van der Waals surface area contributed by atoms with E-state index in [-0.39, 0.29) is 5.54 Å². The zero-order valence-electron chi connectivity index (χ0n) is 13.3. The van der Waals surface area contributed by atoms with Crippen molar-refractivity contribution in [2.24, 2.45) is 0 Å². The molecule has 0 aliphatic heterocycles. The first kappa shape index (κ1) is 16.0. The summed E-state index contributed by atoms with van der Waals surface area (Å²) in [5.74, 6) is 0.925. The average molecular weight is 447 g/mol. The third-order valence-corrected chi connectivity index (χ3v) is 5.94. The fourth-order valence-corrected chi connectivity index (χ4v) is 4.22. The molecule has 4 rings (SSSR count). The topological polar surface area (TPSA) is 37.8 Å². The molecule has 0 bridgehead atoms. The minimum Gasteiger partial charge on any atom is -0.364 e. The third-order valence-electron chi connectivity index (χ3n) is 4.56. The smallest absolute Gasteiger partial charge is 0.137 e. The lowest BCUT2D eigenvalue weighted by atomic mass is 10.0. The zero-order valence-corrected chi connectivity index (χ0v) is 16.5. The molecule has 1 N–H and O–H groups in total. The molecule has 0 spiro atoms. The average Bonchev–Trinajstić information content (AvgIpc) is 3.30. The number of hydrogen-bond acceptors (Lipinski definition) is 3. The van der Waals surface area contributed by atoms with Gasteiger partial charge < -0.3 is 5.32 Å². The van der Waals surface area contributed by atoms with Crippen molar-refractivity contribution in [3.63, 3.8) is 0 Å². The molecular formula is C19H17Br2N3. The van der Waals surface area contributed by atoms with Crippen LogP contribution in [0.2, 0.25) is 0 Å². The molecule has 2 aromatic carbocycles. The number of nitrogens with zero attached hydrogens (tertiary/aromatic N) is 2. The number of aromatic nitrogens is 2. The number of hydrogen-bond donors (Lipinski definition) is 1. The van der Waals surface area contributed by atoms with Crippen LogP contribution in [0.5, 0.6) is 0 Å². The minimum absolute atomic E-state index is 0.0986. The van der Waals surface area contributed by atoms with E-state index in [1.54, 1.807) is 6.33 Å². The summed E-state index contributed by atoms with van der Waals surface area (Å²) in [6, 6.07) is 12.7. The van der Waals surface area contributed by atoms with Crippen LogP contribution in [0.3, 0.4) is 0 Å². The molecule has 3 nitrogen and oxygen atoms in total. The van der Waals surface area contributed by atoms with Gasteiger partial charge >= 0.3 is 0 Å². The van der Waals surface area contributed by atoms with E-state index in [0.717, 1.165) is 40.5 Å². The minimum atomic E-state index is 0.0986. The van der Waals surface area contributed by atoms with Gasteiger partial charge in [0.15, 0.2) is 0 Å². The van der Waals surface area contributed by atoms with E-state index in [4.69, 9.17) is 0 Å². The lowest BCUT2D eigenvalue weighted by Crippen LogP contribution is -2.25. The van der Waals surface area contributed by atoms with Crippen molar-refractivity contribution in [3.8, 4) is 0 Å². The molecule has 0 atom stereocenters. The van der Waals surface area contributed by atoms with E-state index >= 15 is 0 Å². The van der Waals surface area contributed by atoms with Gasteiger partial charge in [0.25, 0.3) is 0 Å². The van der Waals surface area contributed by atoms with Gasteiger partial charge in [-0.05, 0) is 71.4 Å². The molecule has 5 heteroatoms. The normalized spacial score (nSPS) is 15.5. The first-order valence-corrected chi connectivity index (χ1v) is 9.57. The number of nitrogens with one attached hydrogen (secondary N) is 1. The van der Waals surface area contributed by atoms with Crippen molar-refractivity contribution in [1.82, 2.24) is 9.97 Å². The summed E-state index contributed by atoms with van der Waals surface area (Å²) >= 11 is 7.28. The number of rotatable bonds is 4. The van der Waals surface area contributed by atoms with Crippen LogP contribution in [-0.4, -0.2) is 15.5 Å². The number of aryl methyl sites for hydroxylation is 1. The van der Waals surface area contributed by atoms with Crippen molar-refractivity contribution in [3.05, 3.63) is 62.8 Å². The molecule has 1 aliphatic carbocycles. The summed E-state index contributed by atoms with van der Waals surface area (Å²) in [5, 5.41) is 4.78. The van der Waals surface area contributed by atoms with Gasteiger partial charge in [0.05, 0.1) is 5.52 Å². The number of fused-ring (bicyclic) bond motifs is 1. The lowest BCUT2D eigenvalue weighted by Gasteiger charge is -2.20. The highest BCUT2D eigenvalue weighted by molar-refractivity contribution is 9.11. The summed E-state index contributed by atoms with van der Waals surface area (Å²) in [7, 11) is 0. The van der Waals surface area contributed by atoms with Gasteiger partial charge in [-0.25, -0.2) is 9.97 Å². The Morgan fingerprint density at radius 2 is 1.88 bits per heavy atom. The molecule has 0 unspecified atom stereocenters. The Hall–Kier alpha value is -1.46. The highest BCUT2D eigenvalue weighted by Crippen LogP contribution is 2.43. The maximum absolute atomic E-state index is 4.52. The second-order valence-corrected chi connectivity index (χ2v) is 8.25. The molecule has 0 radical (unpaired) electrons. The predicted molar refractivity (Wildman–Crippen MR) is 105 cm³/mol. The van der Waals surface area contributed by atoms with Gasteiger partial charge in [-0.15, -0.1) is 0 Å². The van der Waals surface area contributed by atoms with Crippen molar-refractivity contribution in [2.45, 2.75) is 31.7 Å². The van der Waals surface area contributed by atoms with Crippen LogP contribution in [0.25, 0.3) is 10.9 Å². The molecule has 122 valence electrons. The Morgan fingerprint density at radius 3 is 2.62 bits per heavy atom.